The van der Waals surface area contributed by atoms with Crippen molar-refractivity contribution in [1.82, 2.24) is 0 Å². The summed E-state index contributed by atoms with van der Waals surface area (Å²) in [5, 5.41) is 10.4. The molecule has 2 unspecified atom stereocenters. The van der Waals surface area contributed by atoms with E-state index in [1.807, 2.05) is 31.7 Å². The van der Waals surface area contributed by atoms with Gasteiger partial charge in [-0.2, -0.15) is 23.5 Å². The number of rotatable bonds is 2. The summed E-state index contributed by atoms with van der Waals surface area (Å²) in [4.78, 5) is 0. The second-order valence-corrected chi connectivity index (χ2v) is 6.90. The molecule has 1 nitrogen and oxygen atoms in total. The Bertz CT molecular complexity index is 379. The van der Waals surface area contributed by atoms with Crippen LogP contribution in [0.2, 0.25) is 0 Å². The predicted molar refractivity (Wildman–Crippen MR) is 74.4 cm³/mol. The monoisotopic (exact) mass is 272 g/mol. The van der Waals surface area contributed by atoms with Crippen molar-refractivity contribution in [1.29, 1.82) is 0 Å². The zero-order chi connectivity index (χ0) is 12.4. The van der Waals surface area contributed by atoms with Crippen LogP contribution in [-0.2, 0) is 0 Å². The minimum absolute atomic E-state index is 0.115. The molecule has 1 saturated heterocycles. The van der Waals surface area contributed by atoms with E-state index in [1.54, 1.807) is 11.8 Å². The lowest BCUT2D eigenvalue weighted by atomic mass is 9.98. The Labute approximate surface area is 110 Å². The molecule has 0 amide bonds. The molecule has 0 aromatic heterocycles. The minimum Gasteiger partial charge on any atom is -0.387 e. The van der Waals surface area contributed by atoms with Crippen LogP contribution in [0.4, 0.5) is 4.39 Å². The summed E-state index contributed by atoms with van der Waals surface area (Å²) in [6.07, 6.45) is -0.687. The molecule has 0 radical (unpaired) electrons. The summed E-state index contributed by atoms with van der Waals surface area (Å²) in [6.45, 7) is 3.74. The molecular weight excluding hydrogens is 255 g/mol. The minimum atomic E-state index is -0.687. The van der Waals surface area contributed by atoms with E-state index in [1.165, 1.54) is 6.07 Å². The quantitative estimate of drug-likeness (QED) is 0.892. The molecular formula is C13H17FOS2. The van der Waals surface area contributed by atoms with Crippen LogP contribution in [0.25, 0.3) is 0 Å². The lowest BCUT2D eigenvalue weighted by Gasteiger charge is -2.27. The highest BCUT2D eigenvalue weighted by molar-refractivity contribution is 8.06. The van der Waals surface area contributed by atoms with Crippen LogP contribution in [0.1, 0.15) is 22.8 Å². The van der Waals surface area contributed by atoms with Gasteiger partial charge in [-0.1, -0.05) is 6.07 Å². The van der Waals surface area contributed by atoms with E-state index >= 15 is 0 Å². The fourth-order valence-corrected chi connectivity index (χ4v) is 4.91. The van der Waals surface area contributed by atoms with E-state index in [9.17, 15) is 9.50 Å². The average Bonchev–Trinajstić information content (AvgIpc) is 2.28. The molecule has 1 aliphatic heterocycles. The molecule has 1 fully saturated rings. The van der Waals surface area contributed by atoms with Crippen molar-refractivity contribution in [2.75, 3.05) is 17.3 Å². The summed E-state index contributed by atoms with van der Waals surface area (Å²) in [5.41, 5.74) is 2.24. The van der Waals surface area contributed by atoms with Gasteiger partial charge in [0, 0.05) is 28.1 Å². The lowest BCUT2D eigenvalue weighted by molar-refractivity contribution is 0.175. The third-order valence-electron chi connectivity index (χ3n) is 2.97. The summed E-state index contributed by atoms with van der Waals surface area (Å²) in [5.74, 6) is 2.80. The maximum Gasteiger partial charge on any atom is 0.129 e. The molecule has 94 valence electrons. The standard InChI is InChI=1S/C13H17FOS2/c1-8-5-9(2)12(10(14)6-8)13(15)11-7-16-3-4-17-11/h5-6,11,13,15H,3-4,7H2,1-2H3. The summed E-state index contributed by atoms with van der Waals surface area (Å²) in [7, 11) is 0. The van der Waals surface area contributed by atoms with E-state index in [-0.39, 0.29) is 11.1 Å². The van der Waals surface area contributed by atoms with Crippen molar-refractivity contribution in [3.63, 3.8) is 0 Å². The number of aryl methyl sites for hydroxylation is 2. The molecule has 2 atom stereocenters. The van der Waals surface area contributed by atoms with Gasteiger partial charge in [-0.05, 0) is 31.0 Å². The SMILES string of the molecule is Cc1cc(C)c(C(O)C2CSCCS2)c(F)c1. The van der Waals surface area contributed by atoms with Crippen molar-refractivity contribution in [2.45, 2.75) is 25.2 Å². The van der Waals surface area contributed by atoms with Gasteiger partial charge in [0.2, 0.25) is 0 Å². The van der Waals surface area contributed by atoms with Crippen molar-refractivity contribution in [3.8, 4) is 0 Å². The molecule has 2 rings (SSSR count). The fraction of sp³-hybridized carbons (Fsp3) is 0.538. The highest BCUT2D eigenvalue weighted by atomic mass is 32.2. The second-order valence-electron chi connectivity index (χ2n) is 4.41. The number of aliphatic hydroxyl groups excluding tert-OH is 1. The van der Waals surface area contributed by atoms with E-state index < -0.39 is 6.10 Å². The maximum atomic E-state index is 13.9. The highest BCUT2D eigenvalue weighted by Crippen LogP contribution is 2.35. The summed E-state index contributed by atoms with van der Waals surface area (Å²) in [6, 6.07) is 3.44. The fourth-order valence-electron chi connectivity index (χ4n) is 2.18. The average molecular weight is 272 g/mol. The van der Waals surface area contributed by atoms with Crippen LogP contribution in [0.5, 0.6) is 0 Å². The molecule has 1 N–H and O–H groups in total. The van der Waals surface area contributed by atoms with Crippen LogP contribution < -0.4 is 0 Å². The Morgan fingerprint density at radius 3 is 2.71 bits per heavy atom. The van der Waals surface area contributed by atoms with Crippen molar-refractivity contribution < 1.29 is 9.50 Å². The van der Waals surface area contributed by atoms with Gasteiger partial charge in [-0.25, -0.2) is 4.39 Å². The van der Waals surface area contributed by atoms with E-state index in [4.69, 9.17) is 0 Å². The summed E-state index contributed by atoms with van der Waals surface area (Å²) < 4.78 is 13.9. The molecule has 1 aromatic rings. The normalized spacial score (nSPS) is 22.5. The smallest absolute Gasteiger partial charge is 0.129 e. The Morgan fingerprint density at radius 2 is 2.12 bits per heavy atom. The van der Waals surface area contributed by atoms with Crippen LogP contribution in [0.15, 0.2) is 12.1 Å². The number of halogens is 1. The molecule has 1 aliphatic rings. The topological polar surface area (TPSA) is 20.2 Å². The zero-order valence-corrected chi connectivity index (χ0v) is 11.7. The van der Waals surface area contributed by atoms with Crippen LogP contribution in [-0.4, -0.2) is 27.6 Å². The van der Waals surface area contributed by atoms with Crippen molar-refractivity contribution in [2.24, 2.45) is 0 Å². The molecule has 1 heterocycles. The van der Waals surface area contributed by atoms with Crippen LogP contribution >= 0.6 is 23.5 Å². The van der Waals surface area contributed by atoms with Gasteiger partial charge in [-0.3, -0.25) is 0 Å². The number of hydrogen-bond acceptors (Lipinski definition) is 3. The summed E-state index contributed by atoms with van der Waals surface area (Å²) >= 11 is 3.59. The number of aliphatic hydroxyl groups is 1. The van der Waals surface area contributed by atoms with Gasteiger partial charge in [0.25, 0.3) is 0 Å². The molecule has 4 heteroatoms. The molecule has 17 heavy (non-hydrogen) atoms. The first-order chi connectivity index (χ1) is 8.09. The molecule has 0 bridgehead atoms. The van der Waals surface area contributed by atoms with Gasteiger partial charge < -0.3 is 5.11 Å². The Morgan fingerprint density at radius 1 is 1.35 bits per heavy atom. The number of benzene rings is 1. The first-order valence-corrected chi connectivity index (χ1v) is 7.94. The second kappa shape index (κ2) is 5.63. The van der Waals surface area contributed by atoms with Crippen molar-refractivity contribution in [3.05, 3.63) is 34.6 Å². The van der Waals surface area contributed by atoms with Crippen LogP contribution in [0, 0.1) is 19.7 Å². The number of thioether (sulfide) groups is 2. The Balaban J connectivity index is 2.26. The Kier molecular flexibility index (Phi) is 4.39. The first-order valence-electron chi connectivity index (χ1n) is 5.73. The maximum absolute atomic E-state index is 13.9. The molecule has 0 saturated carbocycles. The molecule has 0 aliphatic carbocycles. The van der Waals surface area contributed by atoms with Gasteiger partial charge in [-0.15, -0.1) is 0 Å². The van der Waals surface area contributed by atoms with Gasteiger partial charge in [0.1, 0.15) is 5.82 Å². The zero-order valence-electron chi connectivity index (χ0n) is 10.1. The van der Waals surface area contributed by atoms with Gasteiger partial charge in [0.15, 0.2) is 0 Å². The predicted octanol–water partition coefficient (Wildman–Crippen LogP) is 3.32. The Hall–Kier alpha value is -0.190. The largest absolute Gasteiger partial charge is 0.387 e. The van der Waals surface area contributed by atoms with Crippen LogP contribution in [0.3, 0.4) is 0 Å². The van der Waals surface area contributed by atoms with E-state index in [2.05, 4.69) is 0 Å². The first kappa shape index (κ1) is 13.2. The molecule has 1 aromatic carbocycles. The van der Waals surface area contributed by atoms with E-state index in [0.29, 0.717) is 5.56 Å². The third-order valence-corrected chi connectivity index (χ3v) is 5.82. The molecule has 0 spiro atoms. The van der Waals surface area contributed by atoms with Gasteiger partial charge >= 0.3 is 0 Å². The third kappa shape index (κ3) is 2.98. The lowest BCUT2D eigenvalue weighted by Crippen LogP contribution is -2.23. The van der Waals surface area contributed by atoms with Gasteiger partial charge in [0.05, 0.1) is 6.10 Å². The van der Waals surface area contributed by atoms with E-state index in [0.717, 1.165) is 28.4 Å². The highest BCUT2D eigenvalue weighted by Gasteiger charge is 2.27. The number of hydrogen-bond donors (Lipinski definition) is 1. The van der Waals surface area contributed by atoms with Crippen molar-refractivity contribution >= 4 is 23.5 Å².